The minimum atomic E-state index is -0.499. The molecule has 0 aromatic heterocycles. The molecule has 2 amide bonds. The minimum Gasteiger partial charge on any atom is -0.382 e. The van der Waals surface area contributed by atoms with Crippen molar-refractivity contribution >= 4 is 17.5 Å². The Morgan fingerprint density at radius 2 is 2.11 bits per heavy atom. The third-order valence-corrected chi connectivity index (χ3v) is 2.27. The second-order valence-corrected chi connectivity index (χ2v) is 3.66. The number of nitrogens with one attached hydrogen (secondary N) is 2. The molecule has 0 aliphatic rings. The summed E-state index contributed by atoms with van der Waals surface area (Å²) in [4.78, 5) is 22.3. The van der Waals surface area contributed by atoms with Crippen LogP contribution in [0.15, 0.2) is 18.2 Å². The summed E-state index contributed by atoms with van der Waals surface area (Å²) in [5, 5.41) is 5.31. The number of amides is 2. The highest BCUT2D eigenvalue weighted by molar-refractivity contribution is 5.99. The number of hydrogen-bond donors (Lipinski definition) is 3. The van der Waals surface area contributed by atoms with Crippen LogP contribution in [0.3, 0.4) is 0 Å². The zero-order chi connectivity index (χ0) is 13.5. The van der Waals surface area contributed by atoms with Crippen LogP contribution in [0.5, 0.6) is 0 Å². The highest BCUT2D eigenvalue weighted by Crippen LogP contribution is 2.19. The van der Waals surface area contributed by atoms with Crippen molar-refractivity contribution in [3.05, 3.63) is 29.6 Å². The first-order valence-electron chi connectivity index (χ1n) is 5.65. The highest BCUT2D eigenvalue weighted by Gasteiger charge is 2.14. The van der Waals surface area contributed by atoms with Crippen LogP contribution >= 0.6 is 0 Å². The fraction of sp³-hybridized carbons (Fsp3) is 0.333. The lowest BCUT2D eigenvalue weighted by atomic mass is 10.1. The van der Waals surface area contributed by atoms with Crippen molar-refractivity contribution < 1.29 is 14.0 Å². The molecule has 1 aromatic carbocycles. The largest absolute Gasteiger partial charge is 0.382 e. The van der Waals surface area contributed by atoms with Crippen LogP contribution < -0.4 is 16.4 Å². The lowest BCUT2D eigenvalue weighted by molar-refractivity contribution is -0.117. The summed E-state index contributed by atoms with van der Waals surface area (Å²) in [6.07, 6.45) is 0.0532. The first-order valence-corrected chi connectivity index (χ1v) is 5.65. The third kappa shape index (κ3) is 3.73. The minimum absolute atomic E-state index is 0.0532. The van der Waals surface area contributed by atoms with E-state index in [9.17, 15) is 14.0 Å². The Morgan fingerprint density at radius 3 is 2.72 bits per heavy atom. The summed E-state index contributed by atoms with van der Waals surface area (Å²) in [6.45, 7) is 2.44. The molecular weight excluding hydrogens is 237 g/mol. The van der Waals surface area contributed by atoms with Gasteiger partial charge in [0, 0.05) is 19.5 Å². The number of anilines is 1. The number of halogens is 1. The topological polar surface area (TPSA) is 84.2 Å². The van der Waals surface area contributed by atoms with Crippen molar-refractivity contribution in [2.45, 2.75) is 13.3 Å². The van der Waals surface area contributed by atoms with Gasteiger partial charge in [-0.1, -0.05) is 6.07 Å². The summed E-state index contributed by atoms with van der Waals surface area (Å²) >= 11 is 0. The summed E-state index contributed by atoms with van der Waals surface area (Å²) < 4.78 is 13.5. The molecule has 98 valence electrons. The Balaban J connectivity index is 2.78. The second kappa shape index (κ2) is 6.58. The third-order valence-electron chi connectivity index (χ3n) is 2.27. The number of carbonyl (C=O) groups is 2. The molecule has 0 aliphatic heterocycles. The van der Waals surface area contributed by atoms with Crippen LogP contribution in [-0.2, 0) is 4.79 Å². The predicted molar refractivity (Wildman–Crippen MR) is 66.7 cm³/mol. The molecule has 0 saturated heterocycles. The van der Waals surface area contributed by atoms with Crippen molar-refractivity contribution in [2.24, 2.45) is 5.73 Å². The fourth-order valence-electron chi connectivity index (χ4n) is 1.46. The highest BCUT2D eigenvalue weighted by atomic mass is 19.1. The van der Waals surface area contributed by atoms with Gasteiger partial charge in [-0.25, -0.2) is 4.39 Å². The molecule has 0 aliphatic carbocycles. The van der Waals surface area contributed by atoms with Gasteiger partial charge < -0.3 is 16.4 Å². The number of benzene rings is 1. The maximum Gasteiger partial charge on any atom is 0.253 e. The van der Waals surface area contributed by atoms with Gasteiger partial charge in [-0.15, -0.1) is 0 Å². The monoisotopic (exact) mass is 253 g/mol. The quantitative estimate of drug-likeness (QED) is 0.703. The molecule has 0 radical (unpaired) electrons. The van der Waals surface area contributed by atoms with E-state index in [2.05, 4.69) is 10.6 Å². The molecule has 0 atom stereocenters. The Hall–Kier alpha value is -2.11. The van der Waals surface area contributed by atoms with Gasteiger partial charge in [0.1, 0.15) is 5.82 Å². The van der Waals surface area contributed by atoms with E-state index in [0.29, 0.717) is 6.54 Å². The van der Waals surface area contributed by atoms with Crippen LogP contribution in [-0.4, -0.2) is 24.9 Å². The van der Waals surface area contributed by atoms with Gasteiger partial charge in [0.15, 0.2) is 0 Å². The first kappa shape index (κ1) is 14.0. The average molecular weight is 253 g/mol. The Bertz CT molecular complexity index is 449. The first-order chi connectivity index (χ1) is 8.56. The van der Waals surface area contributed by atoms with Crippen LogP contribution in [0.2, 0.25) is 0 Å². The van der Waals surface area contributed by atoms with Gasteiger partial charge in [0.25, 0.3) is 5.91 Å². The van der Waals surface area contributed by atoms with Crippen LogP contribution in [0.1, 0.15) is 23.7 Å². The summed E-state index contributed by atoms with van der Waals surface area (Å²) in [5.41, 5.74) is 5.33. The summed E-state index contributed by atoms with van der Waals surface area (Å²) in [6, 6.07) is 4.25. The van der Waals surface area contributed by atoms with E-state index in [-0.39, 0.29) is 24.2 Å². The van der Waals surface area contributed by atoms with E-state index < -0.39 is 17.6 Å². The normalized spacial score (nSPS) is 9.89. The predicted octanol–water partition coefficient (Wildman–Crippen LogP) is 0.863. The number of primary amides is 1. The molecular formula is C12H16FN3O2. The van der Waals surface area contributed by atoms with Gasteiger partial charge in [-0.2, -0.15) is 0 Å². The number of rotatable bonds is 6. The molecule has 6 heteroatoms. The van der Waals surface area contributed by atoms with Crippen molar-refractivity contribution in [3.63, 3.8) is 0 Å². The second-order valence-electron chi connectivity index (χ2n) is 3.66. The summed E-state index contributed by atoms with van der Waals surface area (Å²) in [7, 11) is 0. The van der Waals surface area contributed by atoms with E-state index in [1.54, 1.807) is 6.92 Å². The molecule has 1 rings (SSSR count). The maximum absolute atomic E-state index is 13.5. The Labute approximate surface area is 105 Å². The zero-order valence-electron chi connectivity index (χ0n) is 10.1. The van der Waals surface area contributed by atoms with E-state index >= 15 is 0 Å². The zero-order valence-corrected chi connectivity index (χ0v) is 10.1. The van der Waals surface area contributed by atoms with Crippen LogP contribution in [0, 0.1) is 5.82 Å². The SMILES string of the molecule is CCNc1c(F)cccc1C(=O)NCCC(N)=O. The molecule has 0 bridgehead atoms. The van der Waals surface area contributed by atoms with Gasteiger partial charge in [-0.3, -0.25) is 9.59 Å². The van der Waals surface area contributed by atoms with Crippen molar-refractivity contribution in [2.75, 3.05) is 18.4 Å². The molecule has 1 aromatic rings. The average Bonchev–Trinajstić information content (AvgIpc) is 2.31. The Kier molecular flexibility index (Phi) is 5.10. The number of nitrogens with two attached hydrogens (primary N) is 1. The van der Waals surface area contributed by atoms with E-state index in [0.717, 1.165) is 0 Å². The smallest absolute Gasteiger partial charge is 0.253 e. The van der Waals surface area contributed by atoms with E-state index in [1.807, 2.05) is 0 Å². The standard InChI is InChI=1S/C12H16FN3O2/c1-2-15-11-8(4-3-5-9(11)13)12(18)16-7-6-10(14)17/h3-5,15H,2,6-7H2,1H3,(H2,14,17)(H,16,18). The van der Waals surface area contributed by atoms with Crippen LogP contribution in [0.25, 0.3) is 0 Å². The molecule has 0 spiro atoms. The number of hydrogen-bond acceptors (Lipinski definition) is 3. The van der Waals surface area contributed by atoms with Crippen molar-refractivity contribution in [3.8, 4) is 0 Å². The van der Waals surface area contributed by atoms with Gasteiger partial charge in [0.05, 0.1) is 11.3 Å². The lowest BCUT2D eigenvalue weighted by Crippen LogP contribution is -2.28. The van der Waals surface area contributed by atoms with E-state index in [1.165, 1.54) is 18.2 Å². The fourth-order valence-corrected chi connectivity index (χ4v) is 1.46. The molecule has 0 heterocycles. The molecule has 5 nitrogen and oxygen atoms in total. The molecule has 0 fully saturated rings. The van der Waals surface area contributed by atoms with Gasteiger partial charge in [-0.05, 0) is 19.1 Å². The van der Waals surface area contributed by atoms with Gasteiger partial charge >= 0.3 is 0 Å². The number of carbonyl (C=O) groups excluding carboxylic acids is 2. The lowest BCUT2D eigenvalue weighted by Gasteiger charge is -2.11. The van der Waals surface area contributed by atoms with Crippen LogP contribution in [0.4, 0.5) is 10.1 Å². The molecule has 4 N–H and O–H groups in total. The van der Waals surface area contributed by atoms with E-state index in [4.69, 9.17) is 5.73 Å². The molecule has 0 saturated carbocycles. The summed E-state index contributed by atoms with van der Waals surface area (Å²) in [5.74, 6) is -1.42. The van der Waals surface area contributed by atoms with Gasteiger partial charge in [0.2, 0.25) is 5.91 Å². The van der Waals surface area contributed by atoms with Crippen molar-refractivity contribution in [1.29, 1.82) is 0 Å². The number of para-hydroxylation sites is 1. The molecule has 0 unspecified atom stereocenters. The van der Waals surface area contributed by atoms with Crippen molar-refractivity contribution in [1.82, 2.24) is 5.32 Å². The Morgan fingerprint density at radius 1 is 1.39 bits per heavy atom. The molecule has 18 heavy (non-hydrogen) atoms. The maximum atomic E-state index is 13.5.